The zero-order valence-corrected chi connectivity index (χ0v) is 12.0. The van der Waals surface area contributed by atoms with E-state index >= 15 is 0 Å². The van der Waals surface area contributed by atoms with E-state index in [2.05, 4.69) is 10.6 Å². The van der Waals surface area contributed by atoms with Crippen molar-refractivity contribution in [2.24, 2.45) is 0 Å². The van der Waals surface area contributed by atoms with Gasteiger partial charge in [-0.25, -0.2) is 9.59 Å². The highest BCUT2D eigenvalue weighted by atomic mass is 16.6. The molecule has 0 unspecified atom stereocenters. The molecule has 8 nitrogen and oxygen atoms in total. The van der Waals surface area contributed by atoms with Crippen LogP contribution in [-0.2, 0) is 19.1 Å². The Labute approximate surface area is 116 Å². The molecule has 0 aromatic heterocycles. The first-order chi connectivity index (χ1) is 9.10. The fourth-order valence-electron chi connectivity index (χ4n) is 1.50. The van der Waals surface area contributed by atoms with Gasteiger partial charge in [-0.05, 0) is 27.7 Å². The molecule has 4 amide bonds. The lowest BCUT2D eigenvalue weighted by molar-refractivity contribution is -0.158. The lowest BCUT2D eigenvalue weighted by Crippen LogP contribution is -2.47. The van der Waals surface area contributed by atoms with Crippen LogP contribution in [0.4, 0.5) is 4.79 Å². The summed E-state index contributed by atoms with van der Waals surface area (Å²) < 4.78 is 5.10. The highest BCUT2D eigenvalue weighted by Gasteiger charge is 2.31. The zero-order chi connectivity index (χ0) is 15.5. The van der Waals surface area contributed by atoms with Crippen molar-refractivity contribution in [3.05, 3.63) is 0 Å². The summed E-state index contributed by atoms with van der Waals surface area (Å²) in [6, 6.07) is -1.47. The number of ether oxygens (including phenoxy) is 1. The number of carbonyl (C=O) groups excluding carboxylic acids is 4. The second kappa shape index (κ2) is 5.89. The number of rotatable bonds is 4. The summed E-state index contributed by atoms with van der Waals surface area (Å²) in [6.07, 6.45) is 0. The molecule has 1 aliphatic rings. The predicted molar refractivity (Wildman–Crippen MR) is 68.6 cm³/mol. The van der Waals surface area contributed by atoms with Crippen LogP contribution < -0.4 is 10.6 Å². The van der Waals surface area contributed by atoms with Crippen LogP contribution in [0.2, 0.25) is 0 Å². The Morgan fingerprint density at radius 1 is 1.40 bits per heavy atom. The van der Waals surface area contributed by atoms with Crippen molar-refractivity contribution in [2.45, 2.75) is 39.3 Å². The molecule has 1 heterocycles. The first-order valence-electron chi connectivity index (χ1n) is 6.20. The van der Waals surface area contributed by atoms with Crippen LogP contribution >= 0.6 is 0 Å². The standard InChI is InChI=1S/C12H19N3O5/c1-7(10(18)20-12(2,3)4)14-8(16)6-15-9(17)5-13-11(15)19/h7H,5-6H2,1-4H3,(H,13,19)(H,14,16)/t7-/m0/s1. The molecule has 1 rings (SSSR count). The van der Waals surface area contributed by atoms with E-state index in [1.165, 1.54) is 6.92 Å². The van der Waals surface area contributed by atoms with E-state index in [9.17, 15) is 19.2 Å². The molecule has 0 spiro atoms. The molecule has 1 fully saturated rings. The Hall–Kier alpha value is -2.12. The molecule has 0 bridgehead atoms. The minimum absolute atomic E-state index is 0.117. The molecule has 0 aliphatic carbocycles. The van der Waals surface area contributed by atoms with Crippen molar-refractivity contribution in [1.29, 1.82) is 0 Å². The minimum atomic E-state index is -0.859. The number of esters is 1. The lowest BCUT2D eigenvalue weighted by atomic mass is 10.2. The summed E-state index contributed by atoms with van der Waals surface area (Å²) in [5.74, 6) is -1.66. The molecule has 0 radical (unpaired) electrons. The van der Waals surface area contributed by atoms with Crippen molar-refractivity contribution in [3.63, 3.8) is 0 Å². The average molecular weight is 285 g/mol. The van der Waals surface area contributed by atoms with Gasteiger partial charge in [0, 0.05) is 0 Å². The summed E-state index contributed by atoms with van der Waals surface area (Å²) in [4.78, 5) is 46.7. The number of imide groups is 1. The summed E-state index contributed by atoms with van der Waals surface area (Å²) in [7, 11) is 0. The van der Waals surface area contributed by atoms with E-state index in [1.54, 1.807) is 20.8 Å². The van der Waals surface area contributed by atoms with Gasteiger partial charge in [0.05, 0.1) is 6.54 Å². The van der Waals surface area contributed by atoms with E-state index in [1.807, 2.05) is 0 Å². The van der Waals surface area contributed by atoms with Crippen LogP contribution in [-0.4, -0.2) is 53.4 Å². The highest BCUT2D eigenvalue weighted by molar-refractivity contribution is 6.04. The van der Waals surface area contributed by atoms with E-state index < -0.39 is 42.0 Å². The molecular formula is C12H19N3O5. The molecule has 112 valence electrons. The maximum Gasteiger partial charge on any atom is 0.328 e. The molecule has 0 aromatic rings. The summed E-state index contributed by atoms with van der Waals surface area (Å²) >= 11 is 0. The smallest absolute Gasteiger partial charge is 0.328 e. The van der Waals surface area contributed by atoms with Gasteiger partial charge in [0.15, 0.2) is 0 Å². The zero-order valence-electron chi connectivity index (χ0n) is 12.0. The quantitative estimate of drug-likeness (QED) is 0.529. The molecule has 2 N–H and O–H groups in total. The number of nitrogens with zero attached hydrogens (tertiary/aromatic N) is 1. The Morgan fingerprint density at radius 2 is 2.00 bits per heavy atom. The monoisotopic (exact) mass is 285 g/mol. The Balaban J connectivity index is 2.48. The van der Waals surface area contributed by atoms with Crippen molar-refractivity contribution >= 4 is 23.8 Å². The lowest BCUT2D eigenvalue weighted by Gasteiger charge is -2.23. The summed E-state index contributed by atoms with van der Waals surface area (Å²) in [5.41, 5.74) is -0.652. The fourth-order valence-corrected chi connectivity index (χ4v) is 1.50. The van der Waals surface area contributed by atoms with Crippen LogP contribution in [0.25, 0.3) is 0 Å². The first kappa shape index (κ1) is 15.9. The van der Waals surface area contributed by atoms with Crippen LogP contribution in [0, 0.1) is 0 Å². The Morgan fingerprint density at radius 3 is 2.45 bits per heavy atom. The second-order valence-electron chi connectivity index (χ2n) is 5.46. The van der Waals surface area contributed by atoms with Gasteiger partial charge in [-0.2, -0.15) is 0 Å². The number of hydrogen-bond donors (Lipinski definition) is 2. The topological polar surface area (TPSA) is 105 Å². The van der Waals surface area contributed by atoms with Crippen LogP contribution in [0.3, 0.4) is 0 Å². The van der Waals surface area contributed by atoms with Gasteiger partial charge in [0.1, 0.15) is 18.2 Å². The highest BCUT2D eigenvalue weighted by Crippen LogP contribution is 2.08. The van der Waals surface area contributed by atoms with E-state index in [-0.39, 0.29) is 6.54 Å². The second-order valence-corrected chi connectivity index (χ2v) is 5.46. The van der Waals surface area contributed by atoms with E-state index in [0.717, 1.165) is 4.90 Å². The Bertz CT molecular complexity index is 425. The maximum absolute atomic E-state index is 11.7. The molecular weight excluding hydrogens is 266 g/mol. The number of hydrogen-bond acceptors (Lipinski definition) is 5. The molecule has 1 atom stereocenters. The van der Waals surface area contributed by atoms with Gasteiger partial charge < -0.3 is 15.4 Å². The van der Waals surface area contributed by atoms with Gasteiger partial charge in [-0.15, -0.1) is 0 Å². The third-order valence-electron chi connectivity index (χ3n) is 2.38. The number of carbonyl (C=O) groups is 4. The fraction of sp³-hybridized carbons (Fsp3) is 0.667. The van der Waals surface area contributed by atoms with Crippen molar-refractivity contribution < 1.29 is 23.9 Å². The first-order valence-corrected chi connectivity index (χ1v) is 6.20. The average Bonchev–Trinajstić information content (AvgIpc) is 2.58. The van der Waals surface area contributed by atoms with Gasteiger partial charge >= 0.3 is 12.0 Å². The predicted octanol–water partition coefficient (Wildman–Crippen LogP) is -0.615. The van der Waals surface area contributed by atoms with Gasteiger partial charge in [0.25, 0.3) is 5.91 Å². The molecule has 0 aromatic carbocycles. The maximum atomic E-state index is 11.7. The molecule has 1 saturated heterocycles. The number of urea groups is 1. The van der Waals surface area contributed by atoms with Crippen LogP contribution in [0.5, 0.6) is 0 Å². The summed E-state index contributed by atoms with van der Waals surface area (Å²) in [5, 5.41) is 4.68. The number of amides is 4. The van der Waals surface area contributed by atoms with E-state index in [4.69, 9.17) is 4.74 Å². The normalized spacial score (nSPS) is 16.7. The third-order valence-corrected chi connectivity index (χ3v) is 2.38. The van der Waals surface area contributed by atoms with Crippen molar-refractivity contribution in [1.82, 2.24) is 15.5 Å². The van der Waals surface area contributed by atoms with Gasteiger partial charge in [0.2, 0.25) is 5.91 Å². The van der Waals surface area contributed by atoms with Crippen molar-refractivity contribution in [3.8, 4) is 0 Å². The minimum Gasteiger partial charge on any atom is -0.458 e. The van der Waals surface area contributed by atoms with E-state index in [0.29, 0.717) is 0 Å². The largest absolute Gasteiger partial charge is 0.458 e. The van der Waals surface area contributed by atoms with Gasteiger partial charge in [-0.3, -0.25) is 14.5 Å². The molecule has 8 heteroatoms. The molecule has 0 saturated carbocycles. The number of nitrogens with one attached hydrogen (secondary N) is 2. The summed E-state index contributed by atoms with van der Waals surface area (Å²) in [6.45, 7) is 6.08. The third kappa shape index (κ3) is 4.52. The van der Waals surface area contributed by atoms with Crippen LogP contribution in [0.1, 0.15) is 27.7 Å². The SMILES string of the molecule is C[C@H](NC(=O)CN1C(=O)CNC1=O)C(=O)OC(C)(C)C. The van der Waals surface area contributed by atoms with Crippen molar-refractivity contribution in [2.75, 3.05) is 13.1 Å². The van der Waals surface area contributed by atoms with Gasteiger partial charge in [-0.1, -0.05) is 0 Å². The van der Waals surface area contributed by atoms with Crippen LogP contribution in [0.15, 0.2) is 0 Å². The Kier molecular flexibility index (Phi) is 4.69. The molecule has 20 heavy (non-hydrogen) atoms. The molecule has 1 aliphatic heterocycles.